The molecule has 100 valence electrons. The fourth-order valence-electron chi connectivity index (χ4n) is 1.70. The van der Waals surface area contributed by atoms with Crippen LogP contribution in [0.15, 0.2) is 34.9 Å². The number of nitrogens with two attached hydrogens (primary N) is 1. The van der Waals surface area contributed by atoms with Crippen molar-refractivity contribution in [3.05, 3.63) is 34.9 Å². The molecule has 0 aliphatic heterocycles. The lowest BCUT2D eigenvalue weighted by Crippen LogP contribution is -2.37. The van der Waals surface area contributed by atoms with Crippen LogP contribution in [0, 0.1) is 5.41 Å². The van der Waals surface area contributed by atoms with E-state index in [1.165, 1.54) is 0 Å². The van der Waals surface area contributed by atoms with E-state index < -0.39 is 5.41 Å². The Morgan fingerprint density at radius 2 is 2.11 bits per heavy atom. The molecule has 5 heteroatoms. The third kappa shape index (κ3) is 2.87. The number of halogens is 1. The van der Waals surface area contributed by atoms with Gasteiger partial charge in [-0.05, 0) is 26.0 Å². The van der Waals surface area contributed by atoms with Crippen molar-refractivity contribution >= 4 is 38.4 Å². The van der Waals surface area contributed by atoms with Gasteiger partial charge in [-0.3, -0.25) is 4.79 Å². The van der Waals surface area contributed by atoms with E-state index in [9.17, 15) is 4.79 Å². The predicted molar refractivity (Wildman–Crippen MR) is 80.9 cm³/mol. The molecule has 0 atom stereocenters. The van der Waals surface area contributed by atoms with E-state index in [-0.39, 0.29) is 5.91 Å². The number of carbonyl (C=O) groups is 1. The molecule has 3 N–H and O–H groups in total. The highest BCUT2D eigenvalue weighted by Crippen LogP contribution is 2.28. The summed E-state index contributed by atoms with van der Waals surface area (Å²) in [6.07, 6.45) is 1.74. The van der Waals surface area contributed by atoms with E-state index in [0.717, 1.165) is 21.1 Å². The number of carbonyl (C=O) groups excluding carboxylic acids is 1. The van der Waals surface area contributed by atoms with E-state index in [4.69, 9.17) is 5.73 Å². The molecule has 0 fully saturated rings. The van der Waals surface area contributed by atoms with Gasteiger partial charge in [-0.15, -0.1) is 0 Å². The fraction of sp³-hybridized carbons (Fsp3) is 0.286. The van der Waals surface area contributed by atoms with Crippen molar-refractivity contribution in [2.75, 3.05) is 11.9 Å². The van der Waals surface area contributed by atoms with E-state index in [1.54, 1.807) is 6.20 Å². The van der Waals surface area contributed by atoms with Gasteiger partial charge in [0, 0.05) is 28.0 Å². The van der Waals surface area contributed by atoms with Crippen molar-refractivity contribution in [1.29, 1.82) is 0 Å². The summed E-state index contributed by atoms with van der Waals surface area (Å²) in [5, 5.41) is 5.30. The van der Waals surface area contributed by atoms with Crippen LogP contribution in [0.2, 0.25) is 0 Å². The SMILES string of the molecule is CC(C)(CNc1nccc2c(Br)cccc12)C(N)=O. The second kappa shape index (κ2) is 5.17. The lowest BCUT2D eigenvalue weighted by atomic mass is 9.93. The molecule has 2 aromatic rings. The van der Waals surface area contributed by atoms with Crippen molar-refractivity contribution in [2.24, 2.45) is 11.1 Å². The third-order valence-electron chi connectivity index (χ3n) is 3.12. The van der Waals surface area contributed by atoms with Crippen LogP contribution in [0.3, 0.4) is 0 Å². The van der Waals surface area contributed by atoms with Crippen molar-refractivity contribution in [3.8, 4) is 0 Å². The van der Waals surface area contributed by atoms with Crippen molar-refractivity contribution in [1.82, 2.24) is 4.98 Å². The Balaban J connectivity index is 2.32. The molecule has 0 bridgehead atoms. The molecule has 0 spiro atoms. The van der Waals surface area contributed by atoms with Gasteiger partial charge in [-0.2, -0.15) is 0 Å². The van der Waals surface area contributed by atoms with E-state index in [0.29, 0.717) is 6.54 Å². The summed E-state index contributed by atoms with van der Waals surface area (Å²) in [6, 6.07) is 7.88. The van der Waals surface area contributed by atoms with Crippen LogP contribution in [0.25, 0.3) is 10.8 Å². The van der Waals surface area contributed by atoms with Gasteiger partial charge in [0.05, 0.1) is 5.41 Å². The van der Waals surface area contributed by atoms with E-state index >= 15 is 0 Å². The second-order valence-electron chi connectivity index (χ2n) is 5.10. The first-order chi connectivity index (χ1) is 8.92. The Hall–Kier alpha value is -1.62. The fourth-order valence-corrected chi connectivity index (χ4v) is 2.20. The lowest BCUT2D eigenvalue weighted by Gasteiger charge is -2.21. The zero-order valence-corrected chi connectivity index (χ0v) is 12.5. The third-order valence-corrected chi connectivity index (χ3v) is 3.81. The van der Waals surface area contributed by atoms with Crippen molar-refractivity contribution in [3.63, 3.8) is 0 Å². The van der Waals surface area contributed by atoms with Gasteiger partial charge in [-0.1, -0.05) is 28.1 Å². The maximum Gasteiger partial charge on any atom is 0.224 e. The van der Waals surface area contributed by atoms with Crippen LogP contribution in [-0.4, -0.2) is 17.4 Å². The van der Waals surface area contributed by atoms with Gasteiger partial charge in [0.1, 0.15) is 5.82 Å². The maximum atomic E-state index is 11.3. The largest absolute Gasteiger partial charge is 0.369 e. The Kier molecular flexibility index (Phi) is 3.75. The minimum Gasteiger partial charge on any atom is -0.369 e. The quantitative estimate of drug-likeness (QED) is 0.909. The molecule has 2 rings (SSSR count). The maximum absolute atomic E-state index is 11.3. The molecular weight excluding hydrogens is 306 g/mol. The van der Waals surface area contributed by atoms with Crippen molar-refractivity contribution in [2.45, 2.75) is 13.8 Å². The van der Waals surface area contributed by atoms with Crippen molar-refractivity contribution < 1.29 is 4.79 Å². The highest BCUT2D eigenvalue weighted by molar-refractivity contribution is 9.10. The molecule has 0 saturated heterocycles. The molecule has 1 amide bonds. The van der Waals surface area contributed by atoms with Gasteiger partial charge in [0.2, 0.25) is 5.91 Å². The number of anilines is 1. The predicted octanol–water partition coefficient (Wildman–Crippen LogP) is 2.92. The molecule has 0 radical (unpaired) electrons. The summed E-state index contributed by atoms with van der Waals surface area (Å²) in [7, 11) is 0. The number of amides is 1. The first-order valence-electron chi connectivity index (χ1n) is 5.99. The number of rotatable bonds is 4. The number of benzene rings is 1. The summed E-state index contributed by atoms with van der Waals surface area (Å²) < 4.78 is 1.02. The molecule has 1 heterocycles. The summed E-state index contributed by atoms with van der Waals surface area (Å²) in [6.45, 7) is 4.06. The first-order valence-corrected chi connectivity index (χ1v) is 6.78. The molecule has 1 aromatic carbocycles. The monoisotopic (exact) mass is 321 g/mol. The molecule has 0 aliphatic carbocycles. The van der Waals surface area contributed by atoms with Gasteiger partial charge in [0.25, 0.3) is 0 Å². The summed E-state index contributed by atoms with van der Waals surface area (Å²) in [4.78, 5) is 15.6. The number of primary amides is 1. The van der Waals surface area contributed by atoms with Gasteiger partial charge < -0.3 is 11.1 Å². The first kappa shape index (κ1) is 13.8. The minimum atomic E-state index is -0.615. The highest BCUT2D eigenvalue weighted by Gasteiger charge is 2.24. The van der Waals surface area contributed by atoms with Crippen LogP contribution < -0.4 is 11.1 Å². The van der Waals surface area contributed by atoms with Crippen LogP contribution in [0.1, 0.15) is 13.8 Å². The molecule has 0 unspecified atom stereocenters. The summed E-state index contributed by atoms with van der Waals surface area (Å²) >= 11 is 3.52. The molecule has 19 heavy (non-hydrogen) atoms. The smallest absolute Gasteiger partial charge is 0.224 e. The minimum absolute atomic E-state index is 0.332. The van der Waals surface area contributed by atoms with Crippen LogP contribution >= 0.6 is 15.9 Å². The number of aromatic nitrogens is 1. The molecular formula is C14H16BrN3O. The zero-order chi connectivity index (χ0) is 14.0. The Bertz CT molecular complexity index is 625. The molecule has 0 saturated carbocycles. The zero-order valence-electron chi connectivity index (χ0n) is 10.9. The highest BCUT2D eigenvalue weighted by atomic mass is 79.9. The van der Waals surface area contributed by atoms with E-state index in [1.807, 2.05) is 38.1 Å². The second-order valence-corrected chi connectivity index (χ2v) is 5.95. The molecule has 1 aromatic heterocycles. The van der Waals surface area contributed by atoms with E-state index in [2.05, 4.69) is 26.2 Å². The average Bonchev–Trinajstić information content (AvgIpc) is 2.37. The topological polar surface area (TPSA) is 68.0 Å². The molecule has 0 aliphatic rings. The number of hydrogen-bond acceptors (Lipinski definition) is 3. The van der Waals surface area contributed by atoms with Gasteiger partial charge in [0.15, 0.2) is 0 Å². The summed E-state index contributed by atoms with van der Waals surface area (Å²) in [5.74, 6) is 0.426. The Morgan fingerprint density at radius 3 is 2.79 bits per heavy atom. The van der Waals surface area contributed by atoms with Gasteiger partial charge in [-0.25, -0.2) is 4.98 Å². The Labute approximate surface area is 120 Å². The number of nitrogens with one attached hydrogen (secondary N) is 1. The van der Waals surface area contributed by atoms with Crippen LogP contribution in [0.4, 0.5) is 5.82 Å². The average molecular weight is 322 g/mol. The molecule has 4 nitrogen and oxygen atoms in total. The normalized spacial score (nSPS) is 11.5. The van der Waals surface area contributed by atoms with Gasteiger partial charge >= 0.3 is 0 Å². The lowest BCUT2D eigenvalue weighted by molar-refractivity contribution is -0.125. The standard InChI is InChI=1S/C14H16BrN3O/c1-14(2,13(16)19)8-18-12-10-4-3-5-11(15)9(10)6-7-17-12/h3-7H,8H2,1-2H3,(H2,16,19)(H,17,18). The number of pyridine rings is 1. The Morgan fingerprint density at radius 1 is 1.37 bits per heavy atom. The van der Waals surface area contributed by atoms with Crippen LogP contribution in [0.5, 0.6) is 0 Å². The number of hydrogen-bond donors (Lipinski definition) is 2. The summed E-state index contributed by atoms with van der Waals surface area (Å²) in [5.41, 5.74) is 4.75. The number of fused-ring (bicyclic) bond motifs is 1. The van der Waals surface area contributed by atoms with Crippen LogP contribution in [-0.2, 0) is 4.79 Å². The number of nitrogens with zero attached hydrogens (tertiary/aromatic N) is 1.